The lowest BCUT2D eigenvalue weighted by Crippen LogP contribution is -2.30. The van der Waals surface area contributed by atoms with Crippen molar-refractivity contribution < 1.29 is 9.90 Å². The van der Waals surface area contributed by atoms with Gasteiger partial charge >= 0.3 is 5.97 Å². The second-order valence-corrected chi connectivity index (χ2v) is 5.20. The zero-order valence-electron chi connectivity index (χ0n) is 9.53. The maximum absolute atomic E-state index is 11.2. The predicted octanol–water partition coefficient (Wildman–Crippen LogP) is 3.54. The maximum atomic E-state index is 11.2. The fourth-order valence-electron chi connectivity index (χ4n) is 1.70. The average Bonchev–Trinajstić information content (AvgIpc) is 2.99. The zero-order valence-corrected chi connectivity index (χ0v) is 11.9. The van der Waals surface area contributed by atoms with Gasteiger partial charge in [-0.2, -0.15) is 0 Å². The van der Waals surface area contributed by atoms with E-state index >= 15 is 0 Å². The van der Waals surface area contributed by atoms with Crippen LogP contribution in [0.3, 0.4) is 0 Å². The molecule has 1 aromatic carbocycles. The Morgan fingerprint density at radius 2 is 1.89 bits per heavy atom. The van der Waals surface area contributed by atoms with Gasteiger partial charge in [0, 0.05) is 10.0 Å². The number of nitrogens with one attached hydrogen (secondary N) is 1. The van der Waals surface area contributed by atoms with Gasteiger partial charge in [-0.3, -0.25) is 4.79 Å². The summed E-state index contributed by atoms with van der Waals surface area (Å²) >= 11 is 11.7. The number of hydrogen-bond donors (Lipinski definition) is 2. The van der Waals surface area contributed by atoms with Gasteiger partial charge in [0.05, 0.1) is 0 Å². The molecule has 1 aromatic rings. The van der Waals surface area contributed by atoms with Gasteiger partial charge in [-0.25, -0.2) is 0 Å². The van der Waals surface area contributed by atoms with Crippen molar-refractivity contribution in [1.82, 2.24) is 5.32 Å². The molecule has 100 valence electrons. The lowest BCUT2D eigenvalue weighted by atomic mass is 10.1. The number of benzene rings is 1. The normalized spacial score (nSPS) is 15.9. The molecule has 0 aliphatic heterocycles. The molecule has 0 saturated heterocycles. The van der Waals surface area contributed by atoms with Crippen LogP contribution in [0, 0.1) is 5.92 Å². The second-order valence-electron chi connectivity index (χ2n) is 4.33. The molecule has 0 spiro atoms. The molecule has 2 N–H and O–H groups in total. The number of carbonyl (C=O) groups is 1. The van der Waals surface area contributed by atoms with Gasteiger partial charge in [0.15, 0.2) is 0 Å². The van der Waals surface area contributed by atoms with Crippen LogP contribution in [0.4, 0.5) is 0 Å². The molecule has 1 unspecified atom stereocenters. The molecule has 3 nitrogen and oxygen atoms in total. The minimum absolute atomic E-state index is 0. The Labute approximate surface area is 122 Å². The summed E-state index contributed by atoms with van der Waals surface area (Å²) in [5, 5.41) is 13.1. The van der Waals surface area contributed by atoms with Crippen molar-refractivity contribution in [3.05, 3.63) is 33.8 Å². The average molecular weight is 311 g/mol. The highest BCUT2D eigenvalue weighted by atomic mass is 35.5. The molecule has 1 fully saturated rings. The van der Waals surface area contributed by atoms with Crippen LogP contribution in [0.15, 0.2) is 18.2 Å². The summed E-state index contributed by atoms with van der Waals surface area (Å²) < 4.78 is 0. The van der Waals surface area contributed by atoms with Crippen molar-refractivity contribution in [2.45, 2.75) is 18.9 Å². The van der Waals surface area contributed by atoms with Crippen molar-refractivity contribution >= 4 is 41.6 Å². The van der Waals surface area contributed by atoms with Crippen molar-refractivity contribution in [3.8, 4) is 0 Å². The molecule has 1 saturated carbocycles. The van der Waals surface area contributed by atoms with Gasteiger partial charge in [-0.15, -0.1) is 12.4 Å². The maximum Gasteiger partial charge on any atom is 0.325 e. The molecule has 1 aliphatic carbocycles. The van der Waals surface area contributed by atoms with E-state index in [0.29, 0.717) is 21.5 Å². The molecule has 1 atom stereocenters. The summed E-state index contributed by atoms with van der Waals surface area (Å²) in [6.45, 7) is 0.723. The standard InChI is InChI=1S/C12H13Cl2NO2.ClH/c13-9-3-8(4-10(14)5-9)11(12(16)17)15-6-7-1-2-7;/h3-5,7,11,15H,1-2,6H2,(H,16,17);1H. The molecule has 0 aromatic heterocycles. The van der Waals surface area contributed by atoms with Gasteiger partial charge in [0.25, 0.3) is 0 Å². The minimum Gasteiger partial charge on any atom is -0.480 e. The van der Waals surface area contributed by atoms with E-state index in [0.717, 1.165) is 6.54 Å². The Balaban J connectivity index is 0.00000162. The molecule has 18 heavy (non-hydrogen) atoms. The fourth-order valence-corrected chi connectivity index (χ4v) is 2.24. The lowest BCUT2D eigenvalue weighted by molar-refractivity contribution is -0.139. The van der Waals surface area contributed by atoms with E-state index in [1.807, 2.05) is 0 Å². The number of hydrogen-bond acceptors (Lipinski definition) is 2. The summed E-state index contributed by atoms with van der Waals surface area (Å²) in [6, 6.07) is 4.11. The molecule has 0 amide bonds. The van der Waals surface area contributed by atoms with Crippen LogP contribution in [0.1, 0.15) is 24.4 Å². The third-order valence-electron chi connectivity index (χ3n) is 2.77. The van der Waals surface area contributed by atoms with E-state index in [1.54, 1.807) is 18.2 Å². The molecule has 2 rings (SSSR count). The summed E-state index contributed by atoms with van der Waals surface area (Å²) in [5.74, 6) is -0.296. The third kappa shape index (κ3) is 4.32. The smallest absolute Gasteiger partial charge is 0.325 e. The van der Waals surface area contributed by atoms with Crippen molar-refractivity contribution in [2.75, 3.05) is 6.54 Å². The SMILES string of the molecule is Cl.O=C(O)C(NCC1CC1)c1cc(Cl)cc(Cl)c1. The number of halogens is 3. The number of aliphatic carboxylic acids is 1. The van der Waals surface area contributed by atoms with Crippen LogP contribution in [0.2, 0.25) is 10.0 Å². The van der Waals surface area contributed by atoms with E-state index in [-0.39, 0.29) is 12.4 Å². The van der Waals surface area contributed by atoms with Crippen LogP contribution < -0.4 is 5.32 Å². The second kappa shape index (κ2) is 6.62. The molecular formula is C12H14Cl3NO2. The molecule has 1 aliphatic rings. The Morgan fingerprint density at radius 3 is 2.33 bits per heavy atom. The predicted molar refractivity (Wildman–Crippen MR) is 74.8 cm³/mol. The van der Waals surface area contributed by atoms with Crippen LogP contribution in [0.5, 0.6) is 0 Å². The van der Waals surface area contributed by atoms with Crippen LogP contribution >= 0.6 is 35.6 Å². The van der Waals surface area contributed by atoms with Gasteiger partial charge in [-0.1, -0.05) is 23.2 Å². The highest BCUT2D eigenvalue weighted by Crippen LogP contribution is 2.29. The lowest BCUT2D eigenvalue weighted by Gasteiger charge is -2.15. The molecule has 0 radical (unpaired) electrons. The Kier molecular flexibility index (Phi) is 5.73. The van der Waals surface area contributed by atoms with Crippen LogP contribution in [0.25, 0.3) is 0 Å². The third-order valence-corrected chi connectivity index (χ3v) is 3.21. The molecule has 6 heteroatoms. The first kappa shape index (κ1) is 15.6. The van der Waals surface area contributed by atoms with Gasteiger partial charge in [-0.05, 0) is 49.1 Å². The molecule has 0 bridgehead atoms. The van der Waals surface area contributed by atoms with Gasteiger partial charge < -0.3 is 10.4 Å². The van der Waals surface area contributed by atoms with Crippen molar-refractivity contribution in [2.24, 2.45) is 5.92 Å². The summed E-state index contributed by atoms with van der Waals surface area (Å²) in [7, 11) is 0. The number of carboxylic acid groups (broad SMARTS) is 1. The van der Waals surface area contributed by atoms with Crippen molar-refractivity contribution in [3.63, 3.8) is 0 Å². The van der Waals surface area contributed by atoms with E-state index in [1.165, 1.54) is 12.8 Å². The molecule has 0 heterocycles. The first-order valence-corrected chi connectivity index (χ1v) is 6.24. The first-order chi connectivity index (χ1) is 8.06. The first-order valence-electron chi connectivity index (χ1n) is 5.48. The number of rotatable bonds is 5. The Bertz CT molecular complexity index is 415. The van der Waals surface area contributed by atoms with E-state index in [2.05, 4.69) is 5.32 Å². The number of carboxylic acids is 1. The summed E-state index contributed by atoms with van der Waals surface area (Å²) in [5.41, 5.74) is 0.593. The quantitative estimate of drug-likeness (QED) is 0.874. The summed E-state index contributed by atoms with van der Waals surface area (Å²) in [6.07, 6.45) is 2.35. The topological polar surface area (TPSA) is 49.3 Å². The molecular weight excluding hydrogens is 296 g/mol. The largest absolute Gasteiger partial charge is 0.480 e. The fraction of sp³-hybridized carbons (Fsp3) is 0.417. The van der Waals surface area contributed by atoms with Crippen LogP contribution in [-0.2, 0) is 4.79 Å². The summed E-state index contributed by atoms with van der Waals surface area (Å²) in [4.78, 5) is 11.2. The van der Waals surface area contributed by atoms with E-state index < -0.39 is 12.0 Å². The highest BCUT2D eigenvalue weighted by molar-refractivity contribution is 6.34. The highest BCUT2D eigenvalue weighted by Gasteiger charge is 2.26. The van der Waals surface area contributed by atoms with Gasteiger partial charge in [0.2, 0.25) is 0 Å². The van der Waals surface area contributed by atoms with Crippen molar-refractivity contribution in [1.29, 1.82) is 0 Å². The minimum atomic E-state index is -0.913. The Hall–Kier alpha value is -0.480. The Morgan fingerprint density at radius 1 is 1.33 bits per heavy atom. The van der Waals surface area contributed by atoms with Gasteiger partial charge in [0.1, 0.15) is 6.04 Å². The van der Waals surface area contributed by atoms with E-state index in [4.69, 9.17) is 23.2 Å². The van der Waals surface area contributed by atoms with E-state index in [9.17, 15) is 9.90 Å². The monoisotopic (exact) mass is 309 g/mol. The zero-order chi connectivity index (χ0) is 12.4. The van der Waals surface area contributed by atoms with Crippen LogP contribution in [-0.4, -0.2) is 17.6 Å².